The third kappa shape index (κ3) is 5.53. The van der Waals surface area contributed by atoms with Crippen molar-refractivity contribution < 1.29 is 27.8 Å². The standard InChI is InChI=1S/C28H35N5O6S/c1-18-9-20-7-8-29-11-25(20)40(36,37)32(12-18)13-22-10-21(6-5-19(22)2)26(28(3,4)27(34)35)39-15-23-14-33(31-30-23)24-16-38-17-24/h5-8,10-11,14,18,24,26H,9,12-13,15-17H2,1-4H3,(H,34,35)/t18-,26-/m0/s1. The van der Waals surface area contributed by atoms with E-state index in [0.717, 1.165) is 16.7 Å². The van der Waals surface area contributed by atoms with Gasteiger partial charge in [0, 0.05) is 25.5 Å². The third-order valence-electron chi connectivity index (χ3n) is 7.75. The van der Waals surface area contributed by atoms with Crippen LogP contribution in [0.4, 0.5) is 0 Å². The highest BCUT2D eigenvalue weighted by Gasteiger charge is 2.40. The van der Waals surface area contributed by atoms with Crippen LogP contribution in [0.25, 0.3) is 0 Å². The van der Waals surface area contributed by atoms with Crippen LogP contribution in [0.5, 0.6) is 0 Å². The van der Waals surface area contributed by atoms with Crippen molar-refractivity contribution in [3.05, 3.63) is 70.8 Å². The Balaban J connectivity index is 1.43. The Kier molecular flexibility index (Phi) is 7.79. The summed E-state index contributed by atoms with van der Waals surface area (Å²) in [5, 5.41) is 18.4. The molecule has 2 aliphatic rings. The molecule has 0 saturated carbocycles. The maximum absolute atomic E-state index is 13.6. The first-order valence-electron chi connectivity index (χ1n) is 13.3. The van der Waals surface area contributed by atoms with Crippen LogP contribution in [-0.2, 0) is 43.9 Å². The number of hydrogen-bond acceptors (Lipinski definition) is 8. The summed E-state index contributed by atoms with van der Waals surface area (Å²) in [6, 6.07) is 7.51. The molecule has 214 valence electrons. The minimum absolute atomic E-state index is 0.0694. The van der Waals surface area contributed by atoms with E-state index in [9.17, 15) is 18.3 Å². The number of carboxylic acids is 1. The zero-order chi connectivity index (χ0) is 28.7. The summed E-state index contributed by atoms with van der Waals surface area (Å²) in [5.74, 6) is -0.897. The lowest BCUT2D eigenvalue weighted by atomic mass is 9.81. The molecule has 1 aromatic carbocycles. The molecule has 0 radical (unpaired) electrons. The highest BCUT2D eigenvalue weighted by Crippen LogP contribution is 2.39. The smallest absolute Gasteiger partial charge is 0.312 e. The van der Waals surface area contributed by atoms with E-state index >= 15 is 0 Å². The highest BCUT2D eigenvalue weighted by atomic mass is 32.2. The van der Waals surface area contributed by atoms with Gasteiger partial charge in [0.15, 0.2) is 0 Å². The predicted octanol–water partition coefficient (Wildman–Crippen LogP) is 3.30. The zero-order valence-corrected chi connectivity index (χ0v) is 24.0. The molecule has 2 atom stereocenters. The van der Waals surface area contributed by atoms with E-state index in [4.69, 9.17) is 9.47 Å². The predicted molar refractivity (Wildman–Crippen MR) is 145 cm³/mol. The zero-order valence-electron chi connectivity index (χ0n) is 23.1. The number of aliphatic carboxylic acids is 1. The number of rotatable bonds is 9. The molecule has 4 heterocycles. The molecule has 12 heteroatoms. The number of nitrogens with zero attached hydrogens (tertiary/aromatic N) is 5. The Labute approximate surface area is 234 Å². The summed E-state index contributed by atoms with van der Waals surface area (Å²) in [6.07, 6.45) is 4.65. The second-order valence-electron chi connectivity index (χ2n) is 11.4. The number of fused-ring (bicyclic) bond motifs is 1. The number of sulfonamides is 1. The molecule has 0 bridgehead atoms. The van der Waals surface area contributed by atoms with E-state index in [1.165, 1.54) is 10.5 Å². The Morgan fingerprint density at radius 3 is 2.75 bits per heavy atom. The van der Waals surface area contributed by atoms with Crippen LogP contribution in [-0.4, -0.2) is 63.5 Å². The lowest BCUT2D eigenvalue weighted by Gasteiger charge is -2.31. The molecule has 40 heavy (non-hydrogen) atoms. The second kappa shape index (κ2) is 11.0. The Morgan fingerprint density at radius 2 is 2.05 bits per heavy atom. The topological polar surface area (TPSA) is 137 Å². The summed E-state index contributed by atoms with van der Waals surface area (Å²) >= 11 is 0. The summed E-state index contributed by atoms with van der Waals surface area (Å²) in [4.78, 5) is 16.6. The monoisotopic (exact) mass is 569 g/mol. The first kappa shape index (κ1) is 28.3. The van der Waals surface area contributed by atoms with Crippen molar-refractivity contribution in [1.82, 2.24) is 24.3 Å². The van der Waals surface area contributed by atoms with Crippen molar-refractivity contribution >= 4 is 16.0 Å². The molecule has 1 saturated heterocycles. The van der Waals surface area contributed by atoms with Gasteiger partial charge in [0.25, 0.3) is 0 Å². The molecule has 1 N–H and O–H groups in total. The Bertz CT molecular complexity index is 1500. The van der Waals surface area contributed by atoms with Crippen LogP contribution in [0.3, 0.4) is 0 Å². The van der Waals surface area contributed by atoms with Crippen molar-refractivity contribution in [2.24, 2.45) is 11.3 Å². The molecule has 3 aromatic rings. The number of carboxylic acid groups (broad SMARTS) is 1. The van der Waals surface area contributed by atoms with Crippen LogP contribution in [0.2, 0.25) is 0 Å². The molecule has 0 unspecified atom stereocenters. The van der Waals surface area contributed by atoms with E-state index < -0.39 is 27.5 Å². The lowest BCUT2D eigenvalue weighted by Crippen LogP contribution is -2.34. The first-order valence-corrected chi connectivity index (χ1v) is 14.8. The van der Waals surface area contributed by atoms with Crippen LogP contribution in [0.1, 0.15) is 60.9 Å². The van der Waals surface area contributed by atoms with Crippen LogP contribution in [0, 0.1) is 18.3 Å². The fourth-order valence-electron chi connectivity index (χ4n) is 5.13. The van der Waals surface area contributed by atoms with Gasteiger partial charge >= 0.3 is 5.97 Å². The summed E-state index contributed by atoms with van der Waals surface area (Å²) in [5.41, 5.74) is 2.41. The average Bonchev–Trinajstić information content (AvgIpc) is 3.28. The van der Waals surface area contributed by atoms with Gasteiger partial charge in [-0.05, 0) is 61.4 Å². The molecule has 11 nitrogen and oxygen atoms in total. The van der Waals surface area contributed by atoms with Crippen molar-refractivity contribution in [3.8, 4) is 0 Å². The van der Waals surface area contributed by atoms with Gasteiger partial charge in [0.2, 0.25) is 10.0 Å². The molecule has 5 rings (SSSR count). The summed E-state index contributed by atoms with van der Waals surface area (Å²) < 4.78 is 42.0. The minimum atomic E-state index is -3.77. The third-order valence-corrected chi connectivity index (χ3v) is 9.63. The number of aryl methyl sites for hydroxylation is 1. The van der Waals surface area contributed by atoms with Crippen molar-refractivity contribution in [1.29, 1.82) is 0 Å². The van der Waals surface area contributed by atoms with Gasteiger partial charge in [-0.3, -0.25) is 9.78 Å². The largest absolute Gasteiger partial charge is 0.481 e. The van der Waals surface area contributed by atoms with Gasteiger partial charge in [-0.2, -0.15) is 4.31 Å². The first-order chi connectivity index (χ1) is 19.0. The fourth-order valence-corrected chi connectivity index (χ4v) is 6.85. The maximum atomic E-state index is 13.6. The van der Waals surface area contributed by atoms with Gasteiger partial charge in [-0.25, -0.2) is 13.1 Å². The molecule has 0 aliphatic carbocycles. The van der Waals surface area contributed by atoms with E-state index in [-0.39, 0.29) is 30.0 Å². The number of ether oxygens (including phenoxy) is 2. The quantitative estimate of drug-likeness (QED) is 0.411. The molecular weight excluding hydrogens is 534 g/mol. The van der Waals surface area contributed by atoms with Crippen LogP contribution in [0.15, 0.2) is 47.8 Å². The molecule has 2 aromatic heterocycles. The SMILES string of the molecule is Cc1ccc([C@H](OCc2cn(C3COC3)nn2)C(C)(C)C(=O)O)cc1CN1C[C@@H](C)Cc2ccncc2S1(=O)=O. The number of carbonyl (C=O) groups is 1. The van der Waals surface area contributed by atoms with E-state index in [2.05, 4.69) is 15.3 Å². The maximum Gasteiger partial charge on any atom is 0.312 e. The van der Waals surface area contributed by atoms with Gasteiger partial charge in [-0.1, -0.05) is 30.3 Å². The van der Waals surface area contributed by atoms with Gasteiger partial charge < -0.3 is 14.6 Å². The normalized spacial score (nSPS) is 20.4. The number of pyridine rings is 1. The minimum Gasteiger partial charge on any atom is -0.481 e. The number of benzene rings is 1. The van der Waals surface area contributed by atoms with Gasteiger partial charge in [0.1, 0.15) is 16.6 Å². The van der Waals surface area contributed by atoms with Crippen LogP contribution >= 0.6 is 0 Å². The fraction of sp³-hybridized carbons (Fsp3) is 0.500. The van der Waals surface area contributed by atoms with Crippen LogP contribution < -0.4 is 0 Å². The lowest BCUT2D eigenvalue weighted by molar-refractivity contribution is -0.158. The summed E-state index contributed by atoms with van der Waals surface area (Å²) in [6.45, 7) is 8.94. The molecule has 0 spiro atoms. The van der Waals surface area contributed by atoms with Crippen molar-refractivity contribution in [3.63, 3.8) is 0 Å². The van der Waals surface area contributed by atoms with Crippen molar-refractivity contribution in [2.45, 2.75) is 64.3 Å². The molecule has 2 aliphatic heterocycles. The summed E-state index contributed by atoms with van der Waals surface area (Å²) in [7, 11) is -3.77. The molecule has 1 fully saturated rings. The number of hydrogen-bond donors (Lipinski definition) is 1. The Morgan fingerprint density at radius 1 is 1.27 bits per heavy atom. The highest BCUT2D eigenvalue weighted by molar-refractivity contribution is 7.89. The van der Waals surface area contributed by atoms with E-state index in [1.54, 1.807) is 37.0 Å². The number of aromatic nitrogens is 4. The van der Waals surface area contributed by atoms with E-state index in [0.29, 0.717) is 37.4 Å². The van der Waals surface area contributed by atoms with E-state index in [1.807, 2.05) is 32.0 Å². The Hall–Kier alpha value is -3.19. The second-order valence-corrected chi connectivity index (χ2v) is 13.3. The van der Waals surface area contributed by atoms with Gasteiger partial charge in [-0.15, -0.1) is 5.10 Å². The van der Waals surface area contributed by atoms with Gasteiger partial charge in [0.05, 0.1) is 37.5 Å². The molecule has 0 amide bonds. The van der Waals surface area contributed by atoms with Crippen molar-refractivity contribution in [2.75, 3.05) is 19.8 Å². The molecular formula is C28H35N5O6S. The average molecular weight is 570 g/mol.